The molecule has 0 spiro atoms. The molecule has 1 aliphatic rings. The topological polar surface area (TPSA) is 43.1 Å². The van der Waals surface area contributed by atoms with Crippen molar-refractivity contribution in [2.45, 2.75) is 0 Å². The van der Waals surface area contributed by atoms with E-state index >= 15 is 0 Å². The largest absolute Gasteiger partial charge is 0.659 e. The third kappa shape index (κ3) is 3.58. The minimum Gasteiger partial charge on any atom is -0.659 e. The first-order valence-electron chi connectivity index (χ1n) is 4.34. The number of hydrogen-bond acceptors (Lipinski definition) is 3. The molecule has 0 atom stereocenters. The maximum absolute atomic E-state index is 12.7. The molecule has 0 amide bonds. The summed E-state index contributed by atoms with van der Waals surface area (Å²) in [5.41, 5.74) is 0. The van der Waals surface area contributed by atoms with Gasteiger partial charge < -0.3 is 10.2 Å². The molecule has 15 heavy (non-hydrogen) atoms. The summed E-state index contributed by atoms with van der Waals surface area (Å²) in [6.45, 7) is 2.65. The van der Waals surface area contributed by atoms with Crippen molar-refractivity contribution in [3.05, 3.63) is 23.4 Å². The van der Waals surface area contributed by atoms with Crippen molar-refractivity contribution in [1.29, 1.82) is 0 Å². The summed E-state index contributed by atoms with van der Waals surface area (Å²) in [5, 5.41) is 4.13. The Balaban J connectivity index is 0.00000112. The molecule has 1 aliphatic heterocycles. The molecule has 1 aromatic heterocycles. The second-order valence-corrected chi connectivity index (χ2v) is 2.98. The van der Waals surface area contributed by atoms with Crippen molar-refractivity contribution >= 4 is 5.82 Å². The van der Waals surface area contributed by atoms with E-state index in [1.807, 2.05) is 0 Å². The summed E-state index contributed by atoms with van der Waals surface area (Å²) in [4.78, 5) is 8.25. The zero-order valence-electron chi connectivity index (χ0n) is 8.03. The van der Waals surface area contributed by atoms with Gasteiger partial charge in [-0.2, -0.15) is 18.7 Å². The predicted molar refractivity (Wildman–Crippen MR) is 47.3 cm³/mol. The molecule has 1 radical (unpaired) electrons. The molecule has 1 aromatic rings. The van der Waals surface area contributed by atoms with Crippen LogP contribution in [0, 0.1) is 56.1 Å². The Bertz CT molecular complexity index is 310. The number of aromatic nitrogens is 2. The average molecular weight is 426 g/mol. The van der Waals surface area contributed by atoms with Crippen molar-refractivity contribution in [1.82, 2.24) is 9.97 Å². The number of anilines is 1. The zero-order chi connectivity index (χ0) is 9.97. The van der Waals surface area contributed by atoms with Gasteiger partial charge in [-0.1, -0.05) is 0 Å². The smallest absolute Gasteiger partial charge is 0.313 e. The van der Waals surface area contributed by atoms with Gasteiger partial charge in [-0.15, -0.1) is 13.1 Å². The molecule has 0 aromatic carbocycles. The molecule has 0 N–H and O–H groups in total. The summed E-state index contributed by atoms with van der Waals surface area (Å²) in [7, 11) is 0. The maximum atomic E-state index is 12.7. The van der Waals surface area contributed by atoms with E-state index in [2.05, 4.69) is 15.3 Å². The predicted octanol–water partition coefficient (Wildman–Crippen LogP) is 0.949. The van der Waals surface area contributed by atoms with Crippen LogP contribution in [0.25, 0.3) is 5.32 Å². The van der Waals surface area contributed by atoms with Gasteiger partial charge in [0.05, 0.1) is 0 Å². The van der Waals surface area contributed by atoms with Gasteiger partial charge in [-0.3, -0.25) is 0 Å². The first-order valence-corrected chi connectivity index (χ1v) is 4.34. The first-order chi connectivity index (χ1) is 6.75. The molecule has 0 aliphatic carbocycles. The molecule has 79 valence electrons. The van der Waals surface area contributed by atoms with Crippen molar-refractivity contribution < 1.29 is 52.8 Å². The minimum atomic E-state index is -1.03. The number of nitrogens with zero attached hydrogens (tertiary/aromatic N) is 4. The Labute approximate surface area is 122 Å². The SMILES string of the molecule is Fc1cc(N2CC[N-]CC2)nc(F)n1.[Ac]. The number of piperazine rings is 1. The third-order valence-electron chi connectivity index (χ3n) is 2.03. The van der Waals surface area contributed by atoms with E-state index in [9.17, 15) is 8.78 Å². The van der Waals surface area contributed by atoms with Crippen molar-refractivity contribution in [2.24, 2.45) is 0 Å². The first kappa shape index (κ1) is 13.2. The van der Waals surface area contributed by atoms with E-state index in [1.54, 1.807) is 4.90 Å². The number of hydrogen-bond donors (Lipinski definition) is 0. The number of halogens is 2. The van der Waals surface area contributed by atoms with Crippen molar-refractivity contribution in [3.8, 4) is 0 Å². The summed E-state index contributed by atoms with van der Waals surface area (Å²) < 4.78 is 25.4. The van der Waals surface area contributed by atoms with E-state index in [-0.39, 0.29) is 44.1 Å². The molecular weight excluding hydrogens is 417 g/mol. The van der Waals surface area contributed by atoms with Gasteiger partial charge in [-0.05, 0) is 0 Å². The van der Waals surface area contributed by atoms with Crippen LogP contribution in [0.3, 0.4) is 0 Å². The molecule has 0 unspecified atom stereocenters. The fourth-order valence-corrected chi connectivity index (χ4v) is 1.38. The van der Waals surface area contributed by atoms with E-state index in [4.69, 9.17) is 0 Å². The molecule has 1 saturated heterocycles. The normalized spacial score (nSPS) is 16.0. The fourth-order valence-electron chi connectivity index (χ4n) is 1.38. The number of rotatable bonds is 1. The van der Waals surface area contributed by atoms with Crippen molar-refractivity contribution in [3.63, 3.8) is 0 Å². The second-order valence-electron chi connectivity index (χ2n) is 2.98. The molecule has 2 heterocycles. The van der Waals surface area contributed by atoms with Gasteiger partial charge in [0, 0.05) is 63.2 Å². The van der Waals surface area contributed by atoms with Gasteiger partial charge in [0.15, 0.2) is 0 Å². The van der Waals surface area contributed by atoms with E-state index in [1.165, 1.54) is 0 Å². The zero-order valence-corrected chi connectivity index (χ0v) is 12.8. The molecule has 0 saturated carbocycles. The molecule has 4 nitrogen and oxygen atoms in total. The Morgan fingerprint density at radius 1 is 1.20 bits per heavy atom. The van der Waals surface area contributed by atoms with Gasteiger partial charge in [0.1, 0.15) is 5.82 Å². The monoisotopic (exact) mass is 426 g/mol. The van der Waals surface area contributed by atoms with Crippen LogP contribution in [0.5, 0.6) is 0 Å². The maximum Gasteiger partial charge on any atom is 0.313 e. The summed E-state index contributed by atoms with van der Waals surface area (Å²) >= 11 is 0. The Kier molecular flexibility index (Phi) is 5.30. The van der Waals surface area contributed by atoms with Crippen molar-refractivity contribution in [2.75, 3.05) is 31.1 Å². The van der Waals surface area contributed by atoms with Crippen LogP contribution in [-0.2, 0) is 0 Å². The Morgan fingerprint density at radius 2 is 1.87 bits per heavy atom. The van der Waals surface area contributed by atoms with Gasteiger partial charge in [0.25, 0.3) is 0 Å². The van der Waals surface area contributed by atoms with Crippen LogP contribution in [0.1, 0.15) is 0 Å². The molecular formula is C8H9AcF2N4-. The van der Waals surface area contributed by atoms with Crippen LogP contribution in [0.15, 0.2) is 6.07 Å². The van der Waals surface area contributed by atoms with Crippen LogP contribution in [0.2, 0.25) is 0 Å². The van der Waals surface area contributed by atoms with Crippen LogP contribution in [-0.4, -0.2) is 36.1 Å². The van der Waals surface area contributed by atoms with Crippen LogP contribution in [0.4, 0.5) is 14.6 Å². The van der Waals surface area contributed by atoms with E-state index in [0.29, 0.717) is 32.0 Å². The average Bonchev–Trinajstić information content (AvgIpc) is 2.18. The Morgan fingerprint density at radius 3 is 2.47 bits per heavy atom. The quantitative estimate of drug-likeness (QED) is 0.497. The van der Waals surface area contributed by atoms with Gasteiger partial charge in [0.2, 0.25) is 5.95 Å². The van der Waals surface area contributed by atoms with Crippen LogP contribution < -0.4 is 4.90 Å². The molecule has 1 fully saturated rings. The minimum absolute atomic E-state index is 0. The van der Waals surface area contributed by atoms with Crippen LogP contribution >= 0.6 is 0 Å². The molecule has 7 heteroatoms. The Hall–Kier alpha value is 0.142. The summed E-state index contributed by atoms with van der Waals surface area (Å²) in [6.07, 6.45) is -1.03. The summed E-state index contributed by atoms with van der Waals surface area (Å²) in [6, 6.07) is 1.13. The fraction of sp³-hybridized carbons (Fsp3) is 0.500. The summed E-state index contributed by atoms with van der Waals surface area (Å²) in [5.74, 6) is -0.542. The standard InChI is InChI=1S/C8H9F2N4.Ac/c9-6-5-7(13-8(10)12-6)14-3-1-11-2-4-14;/h5H,1-4H2;/q-1;. The second kappa shape index (κ2) is 6.02. The van der Waals surface area contributed by atoms with E-state index in [0.717, 1.165) is 6.07 Å². The molecule has 2 rings (SSSR count). The third-order valence-corrected chi connectivity index (χ3v) is 2.03. The van der Waals surface area contributed by atoms with E-state index < -0.39 is 12.0 Å². The molecule has 0 bridgehead atoms. The van der Waals surface area contributed by atoms with Gasteiger partial charge in [-0.25, -0.2) is 0 Å². The van der Waals surface area contributed by atoms with Gasteiger partial charge >= 0.3 is 6.08 Å².